The Balaban J connectivity index is 2.06. The normalized spacial score (nSPS) is 12.9. The first-order valence-corrected chi connectivity index (χ1v) is 7.58. The third-order valence-electron chi connectivity index (χ3n) is 2.35. The summed E-state index contributed by atoms with van der Waals surface area (Å²) < 4.78 is 2.11. The van der Waals surface area contributed by atoms with Gasteiger partial charge in [0.2, 0.25) is 5.91 Å². The number of nitrogens with one attached hydrogen (secondary N) is 1. The average Bonchev–Trinajstić information content (AvgIpc) is 2.69. The van der Waals surface area contributed by atoms with Crippen molar-refractivity contribution in [2.24, 2.45) is 0 Å². The van der Waals surface area contributed by atoms with Crippen LogP contribution in [-0.2, 0) is 4.79 Å². The zero-order valence-electron chi connectivity index (χ0n) is 10.6. The second-order valence-electron chi connectivity index (χ2n) is 4.37. The maximum atomic E-state index is 11.8. The van der Waals surface area contributed by atoms with E-state index in [0.717, 1.165) is 14.6 Å². The van der Waals surface area contributed by atoms with Crippen molar-refractivity contribution in [2.75, 3.05) is 0 Å². The minimum Gasteiger partial charge on any atom is -0.353 e. The molecular weight excluding hydrogens is 264 g/mol. The lowest BCUT2D eigenvalue weighted by Crippen LogP contribution is -2.35. The molecule has 0 aliphatic carbocycles. The maximum absolute atomic E-state index is 11.8. The van der Waals surface area contributed by atoms with Crippen LogP contribution in [0.15, 0.2) is 28.6 Å². The number of carbonyl (C=O) groups excluding carboxylic acids is 1. The second kappa shape index (κ2) is 5.71. The lowest BCUT2D eigenvalue weighted by Gasteiger charge is -2.12. The number of rotatable bonds is 4. The molecule has 1 unspecified atom stereocenters. The number of hydrogen-bond acceptors (Lipinski definition) is 4. The van der Waals surface area contributed by atoms with Crippen LogP contribution >= 0.6 is 23.1 Å². The van der Waals surface area contributed by atoms with Crippen molar-refractivity contribution in [1.82, 2.24) is 10.3 Å². The van der Waals surface area contributed by atoms with Crippen LogP contribution in [0, 0.1) is 0 Å². The first-order valence-electron chi connectivity index (χ1n) is 5.89. The van der Waals surface area contributed by atoms with Crippen LogP contribution in [0.4, 0.5) is 0 Å². The van der Waals surface area contributed by atoms with Crippen LogP contribution in [0.3, 0.4) is 0 Å². The molecule has 1 aromatic carbocycles. The molecule has 0 saturated carbocycles. The number of fused-ring (bicyclic) bond motifs is 1. The molecule has 0 aliphatic heterocycles. The van der Waals surface area contributed by atoms with Gasteiger partial charge >= 0.3 is 0 Å². The van der Waals surface area contributed by atoms with E-state index in [1.165, 1.54) is 11.8 Å². The van der Waals surface area contributed by atoms with E-state index in [-0.39, 0.29) is 17.2 Å². The Morgan fingerprint density at radius 1 is 1.33 bits per heavy atom. The van der Waals surface area contributed by atoms with Gasteiger partial charge in [-0.15, -0.1) is 11.3 Å². The first-order chi connectivity index (χ1) is 8.56. The lowest BCUT2D eigenvalue weighted by molar-refractivity contribution is -0.120. The van der Waals surface area contributed by atoms with Gasteiger partial charge in [-0.3, -0.25) is 4.79 Å². The van der Waals surface area contributed by atoms with Crippen molar-refractivity contribution in [3.05, 3.63) is 24.3 Å². The van der Waals surface area contributed by atoms with Gasteiger partial charge in [0.15, 0.2) is 4.34 Å². The number of hydrogen-bond donors (Lipinski definition) is 1. The van der Waals surface area contributed by atoms with Crippen LogP contribution in [0.25, 0.3) is 10.2 Å². The van der Waals surface area contributed by atoms with Crippen molar-refractivity contribution in [2.45, 2.75) is 36.4 Å². The molecule has 96 valence electrons. The highest BCUT2D eigenvalue weighted by molar-refractivity contribution is 8.02. The average molecular weight is 280 g/mol. The third kappa shape index (κ3) is 3.23. The van der Waals surface area contributed by atoms with Gasteiger partial charge in [0.1, 0.15) is 0 Å². The number of thioether (sulfide) groups is 1. The smallest absolute Gasteiger partial charge is 0.233 e. The summed E-state index contributed by atoms with van der Waals surface area (Å²) in [6.07, 6.45) is 0. The van der Waals surface area contributed by atoms with Crippen molar-refractivity contribution < 1.29 is 4.79 Å². The quantitative estimate of drug-likeness (QED) is 0.874. The summed E-state index contributed by atoms with van der Waals surface area (Å²) in [5.41, 5.74) is 1.00. The minimum atomic E-state index is -0.118. The molecule has 5 heteroatoms. The Morgan fingerprint density at radius 2 is 2.06 bits per heavy atom. The molecule has 1 aromatic heterocycles. The largest absolute Gasteiger partial charge is 0.353 e. The Bertz CT molecular complexity index is 518. The van der Waals surface area contributed by atoms with E-state index in [1.807, 2.05) is 39.0 Å². The fourth-order valence-electron chi connectivity index (χ4n) is 1.51. The molecular formula is C13H16N2OS2. The fraction of sp³-hybridized carbons (Fsp3) is 0.385. The van der Waals surface area contributed by atoms with E-state index in [1.54, 1.807) is 11.3 Å². The molecule has 0 saturated heterocycles. The van der Waals surface area contributed by atoms with E-state index < -0.39 is 0 Å². The maximum Gasteiger partial charge on any atom is 0.233 e. The van der Waals surface area contributed by atoms with Crippen molar-refractivity contribution in [3.63, 3.8) is 0 Å². The van der Waals surface area contributed by atoms with Gasteiger partial charge in [-0.2, -0.15) is 0 Å². The number of carbonyl (C=O) groups is 1. The number of para-hydroxylation sites is 1. The second-order valence-corrected chi connectivity index (χ2v) is 6.99. The van der Waals surface area contributed by atoms with Gasteiger partial charge in [-0.05, 0) is 32.9 Å². The van der Waals surface area contributed by atoms with Gasteiger partial charge < -0.3 is 5.32 Å². The van der Waals surface area contributed by atoms with Crippen molar-refractivity contribution in [1.29, 1.82) is 0 Å². The Kier molecular flexibility index (Phi) is 4.24. The van der Waals surface area contributed by atoms with Crippen molar-refractivity contribution >= 4 is 39.2 Å². The number of thiazole rings is 1. The fourth-order valence-corrected chi connectivity index (χ4v) is 3.73. The molecule has 2 aromatic rings. The molecule has 0 spiro atoms. The van der Waals surface area contributed by atoms with Gasteiger partial charge in [0.05, 0.1) is 15.5 Å². The highest BCUT2D eigenvalue weighted by Gasteiger charge is 2.17. The molecule has 1 N–H and O–H groups in total. The van der Waals surface area contributed by atoms with Gasteiger partial charge in [0.25, 0.3) is 0 Å². The molecule has 2 rings (SSSR count). The van der Waals surface area contributed by atoms with E-state index in [0.29, 0.717) is 0 Å². The van der Waals surface area contributed by atoms with E-state index >= 15 is 0 Å². The number of aromatic nitrogens is 1. The molecule has 0 fully saturated rings. The third-order valence-corrected chi connectivity index (χ3v) is 4.58. The SMILES string of the molecule is CC(C)NC(=O)C(C)Sc1nc2ccccc2s1. The van der Waals surface area contributed by atoms with Crippen LogP contribution in [0.2, 0.25) is 0 Å². The number of benzene rings is 1. The predicted molar refractivity (Wildman–Crippen MR) is 78.2 cm³/mol. The molecule has 0 aliphatic rings. The highest BCUT2D eigenvalue weighted by Crippen LogP contribution is 2.31. The molecule has 1 heterocycles. The molecule has 1 atom stereocenters. The Labute approximate surface area is 115 Å². The van der Waals surface area contributed by atoms with Crippen LogP contribution in [0.5, 0.6) is 0 Å². The van der Waals surface area contributed by atoms with Crippen LogP contribution in [0.1, 0.15) is 20.8 Å². The van der Waals surface area contributed by atoms with Gasteiger partial charge in [-0.25, -0.2) is 4.98 Å². The van der Waals surface area contributed by atoms with E-state index in [4.69, 9.17) is 0 Å². The molecule has 18 heavy (non-hydrogen) atoms. The standard InChI is InChI=1S/C13H16N2OS2/c1-8(2)14-12(16)9(3)17-13-15-10-6-4-5-7-11(10)18-13/h4-9H,1-3H3,(H,14,16). The molecule has 0 bridgehead atoms. The minimum absolute atomic E-state index is 0.0641. The summed E-state index contributed by atoms with van der Waals surface area (Å²) in [4.78, 5) is 16.3. The monoisotopic (exact) mass is 280 g/mol. The highest BCUT2D eigenvalue weighted by atomic mass is 32.2. The summed E-state index contributed by atoms with van der Waals surface area (Å²) in [5.74, 6) is 0.0641. The molecule has 3 nitrogen and oxygen atoms in total. The predicted octanol–water partition coefficient (Wildman–Crippen LogP) is 3.30. The topological polar surface area (TPSA) is 42.0 Å². The summed E-state index contributed by atoms with van der Waals surface area (Å²) in [6, 6.07) is 8.20. The first kappa shape index (κ1) is 13.4. The zero-order chi connectivity index (χ0) is 13.1. The van der Waals surface area contributed by atoms with Gasteiger partial charge in [-0.1, -0.05) is 23.9 Å². The Hall–Kier alpha value is -1.07. The molecule has 0 radical (unpaired) electrons. The zero-order valence-corrected chi connectivity index (χ0v) is 12.3. The summed E-state index contributed by atoms with van der Waals surface area (Å²) >= 11 is 3.15. The lowest BCUT2D eigenvalue weighted by atomic mass is 10.3. The summed E-state index contributed by atoms with van der Waals surface area (Å²) in [6.45, 7) is 5.84. The van der Waals surface area contributed by atoms with E-state index in [2.05, 4.69) is 16.4 Å². The molecule has 1 amide bonds. The number of amides is 1. The van der Waals surface area contributed by atoms with E-state index in [9.17, 15) is 4.79 Å². The van der Waals surface area contributed by atoms with Gasteiger partial charge in [0, 0.05) is 6.04 Å². The Morgan fingerprint density at radius 3 is 2.72 bits per heavy atom. The summed E-state index contributed by atoms with van der Waals surface area (Å²) in [5, 5.41) is 2.80. The van der Waals surface area contributed by atoms with Crippen molar-refractivity contribution in [3.8, 4) is 0 Å². The van der Waals surface area contributed by atoms with Crippen LogP contribution < -0.4 is 5.32 Å². The van der Waals surface area contributed by atoms with Crippen LogP contribution in [-0.4, -0.2) is 22.2 Å². The number of nitrogens with zero attached hydrogens (tertiary/aromatic N) is 1. The summed E-state index contributed by atoms with van der Waals surface area (Å²) in [7, 11) is 0.